The number of nitrogen functional groups attached to an aromatic ring is 1. The predicted octanol–water partition coefficient (Wildman–Crippen LogP) is 0.660. The maximum atomic E-state index is 13.5. The van der Waals surface area contributed by atoms with Crippen molar-refractivity contribution in [2.24, 2.45) is 0 Å². The Morgan fingerprint density at radius 2 is 2.06 bits per heavy atom. The number of sulfone groups is 1. The van der Waals surface area contributed by atoms with Crippen LogP contribution in [0.4, 0.5) is 10.1 Å². The number of hydrogen-bond acceptors (Lipinski definition) is 4. The highest BCUT2D eigenvalue weighted by Gasteiger charge is 2.24. The molecule has 0 aliphatic carbocycles. The van der Waals surface area contributed by atoms with Crippen LogP contribution < -0.4 is 5.73 Å². The highest BCUT2D eigenvalue weighted by molar-refractivity contribution is 7.92. The van der Waals surface area contributed by atoms with Crippen LogP contribution in [0.1, 0.15) is 6.92 Å². The summed E-state index contributed by atoms with van der Waals surface area (Å²) in [6, 6.07) is 3.27. The maximum absolute atomic E-state index is 13.5. The molecule has 0 unspecified atom stereocenters. The van der Waals surface area contributed by atoms with Crippen LogP contribution in [0.2, 0.25) is 0 Å². The molecule has 100 valence electrons. The average Bonchev–Trinajstić information content (AvgIpc) is 2.26. The maximum Gasteiger partial charge on any atom is 0.237 e. The molecule has 0 saturated heterocycles. The molecule has 0 spiro atoms. The molecule has 0 fully saturated rings. The van der Waals surface area contributed by atoms with E-state index >= 15 is 0 Å². The lowest BCUT2D eigenvalue weighted by molar-refractivity contribution is -0.126. The Morgan fingerprint density at radius 1 is 1.44 bits per heavy atom. The lowest BCUT2D eigenvalue weighted by atomic mass is 10.3. The number of amides is 1. The number of rotatable bonds is 4. The van der Waals surface area contributed by atoms with Gasteiger partial charge in [0.05, 0.1) is 0 Å². The molecule has 5 nitrogen and oxygen atoms in total. The van der Waals surface area contributed by atoms with E-state index in [1.807, 2.05) is 0 Å². The van der Waals surface area contributed by atoms with Crippen molar-refractivity contribution in [3.05, 3.63) is 24.0 Å². The summed E-state index contributed by atoms with van der Waals surface area (Å²) in [7, 11) is -2.50. The normalized spacial score (nSPS) is 11.3. The van der Waals surface area contributed by atoms with Crippen molar-refractivity contribution in [2.75, 3.05) is 25.1 Å². The summed E-state index contributed by atoms with van der Waals surface area (Å²) in [6.07, 6.45) is 0. The number of nitrogens with zero attached hydrogens (tertiary/aromatic N) is 1. The standard InChI is InChI=1S/C11H15FN2O3S/c1-3-14(2)11(15)7-18(16,17)10-5-4-8(13)6-9(10)12/h4-6H,3,7,13H2,1-2H3. The molecule has 18 heavy (non-hydrogen) atoms. The molecule has 0 saturated carbocycles. The van der Waals surface area contributed by atoms with Gasteiger partial charge in [-0.3, -0.25) is 4.79 Å². The van der Waals surface area contributed by atoms with Crippen molar-refractivity contribution >= 4 is 21.4 Å². The van der Waals surface area contributed by atoms with Crippen molar-refractivity contribution in [2.45, 2.75) is 11.8 Å². The first-order chi connectivity index (χ1) is 8.27. The number of benzene rings is 1. The van der Waals surface area contributed by atoms with E-state index in [2.05, 4.69) is 0 Å². The van der Waals surface area contributed by atoms with E-state index in [0.29, 0.717) is 6.54 Å². The number of carbonyl (C=O) groups excluding carboxylic acids is 1. The van der Waals surface area contributed by atoms with Crippen molar-refractivity contribution in [1.29, 1.82) is 0 Å². The van der Waals surface area contributed by atoms with Crippen LogP contribution in [0, 0.1) is 5.82 Å². The Morgan fingerprint density at radius 3 is 2.56 bits per heavy atom. The summed E-state index contributed by atoms with van der Waals surface area (Å²) in [4.78, 5) is 12.3. The number of carbonyl (C=O) groups is 1. The molecule has 0 heterocycles. The molecular formula is C11H15FN2O3S. The topological polar surface area (TPSA) is 80.5 Å². The fourth-order valence-electron chi connectivity index (χ4n) is 1.30. The highest BCUT2D eigenvalue weighted by Crippen LogP contribution is 2.18. The number of hydrogen-bond donors (Lipinski definition) is 1. The monoisotopic (exact) mass is 274 g/mol. The van der Waals surface area contributed by atoms with E-state index in [4.69, 9.17) is 5.73 Å². The molecule has 1 rings (SSSR count). The molecule has 0 aliphatic heterocycles. The molecule has 2 N–H and O–H groups in total. The molecule has 0 bridgehead atoms. The quantitative estimate of drug-likeness (QED) is 0.818. The minimum absolute atomic E-state index is 0.128. The lowest BCUT2D eigenvalue weighted by Crippen LogP contribution is -2.32. The summed E-state index contributed by atoms with van der Waals surface area (Å²) in [5.74, 6) is -2.27. The average molecular weight is 274 g/mol. The molecule has 0 aromatic heterocycles. The second kappa shape index (κ2) is 5.34. The third kappa shape index (κ3) is 3.19. The Kier molecular flexibility index (Phi) is 4.28. The van der Waals surface area contributed by atoms with E-state index in [1.54, 1.807) is 6.92 Å². The smallest absolute Gasteiger partial charge is 0.237 e. The Labute approximate surface area is 105 Å². The van der Waals surface area contributed by atoms with Gasteiger partial charge in [0, 0.05) is 19.3 Å². The van der Waals surface area contributed by atoms with Gasteiger partial charge in [0.15, 0.2) is 9.84 Å². The Hall–Kier alpha value is -1.63. The van der Waals surface area contributed by atoms with Crippen molar-refractivity contribution in [3.8, 4) is 0 Å². The zero-order chi connectivity index (χ0) is 13.9. The van der Waals surface area contributed by atoms with Crippen molar-refractivity contribution in [3.63, 3.8) is 0 Å². The van der Waals surface area contributed by atoms with Gasteiger partial charge in [0.1, 0.15) is 16.5 Å². The molecule has 0 aliphatic rings. The molecule has 0 radical (unpaired) electrons. The van der Waals surface area contributed by atoms with Gasteiger partial charge in [-0.1, -0.05) is 0 Å². The van der Waals surface area contributed by atoms with Gasteiger partial charge < -0.3 is 10.6 Å². The van der Waals surface area contributed by atoms with Crippen LogP contribution in [-0.2, 0) is 14.6 Å². The predicted molar refractivity (Wildman–Crippen MR) is 66.2 cm³/mol. The van der Waals surface area contributed by atoms with Crippen LogP contribution in [0.5, 0.6) is 0 Å². The van der Waals surface area contributed by atoms with Crippen LogP contribution in [0.3, 0.4) is 0 Å². The second-order valence-electron chi connectivity index (χ2n) is 3.86. The summed E-state index contributed by atoms with van der Waals surface area (Å²) < 4.78 is 37.2. The van der Waals surface area contributed by atoms with Gasteiger partial charge in [-0.2, -0.15) is 0 Å². The fourth-order valence-corrected chi connectivity index (χ4v) is 2.63. The summed E-state index contributed by atoms with van der Waals surface area (Å²) in [5, 5.41) is 0. The van der Waals surface area contributed by atoms with Crippen LogP contribution in [0.25, 0.3) is 0 Å². The minimum Gasteiger partial charge on any atom is -0.399 e. The van der Waals surface area contributed by atoms with Gasteiger partial charge in [-0.05, 0) is 25.1 Å². The van der Waals surface area contributed by atoms with Crippen molar-refractivity contribution < 1.29 is 17.6 Å². The van der Waals surface area contributed by atoms with Gasteiger partial charge in [0.2, 0.25) is 5.91 Å². The van der Waals surface area contributed by atoms with E-state index in [9.17, 15) is 17.6 Å². The third-order valence-electron chi connectivity index (χ3n) is 2.50. The second-order valence-corrected chi connectivity index (χ2v) is 5.81. The molecule has 1 amide bonds. The van der Waals surface area contributed by atoms with E-state index in [0.717, 1.165) is 12.1 Å². The third-order valence-corrected chi connectivity index (χ3v) is 4.13. The van der Waals surface area contributed by atoms with E-state index in [-0.39, 0.29) is 5.69 Å². The van der Waals surface area contributed by atoms with Gasteiger partial charge in [-0.25, -0.2) is 12.8 Å². The molecule has 0 atom stereocenters. The van der Waals surface area contributed by atoms with Gasteiger partial charge in [-0.15, -0.1) is 0 Å². The van der Waals surface area contributed by atoms with E-state index in [1.165, 1.54) is 18.0 Å². The van der Waals surface area contributed by atoms with Gasteiger partial charge >= 0.3 is 0 Å². The number of halogens is 1. The number of nitrogens with two attached hydrogens (primary N) is 1. The van der Waals surface area contributed by atoms with Crippen LogP contribution in [0.15, 0.2) is 23.1 Å². The molecule has 1 aromatic carbocycles. The van der Waals surface area contributed by atoms with Crippen LogP contribution >= 0.6 is 0 Å². The largest absolute Gasteiger partial charge is 0.399 e. The summed E-state index contributed by atoms with van der Waals surface area (Å²) in [6.45, 7) is 2.10. The number of anilines is 1. The first-order valence-corrected chi connectivity index (χ1v) is 6.95. The molecular weight excluding hydrogens is 259 g/mol. The van der Waals surface area contributed by atoms with Crippen LogP contribution in [-0.4, -0.2) is 38.6 Å². The summed E-state index contributed by atoms with van der Waals surface area (Å²) in [5.41, 5.74) is 5.46. The zero-order valence-electron chi connectivity index (χ0n) is 10.2. The fraction of sp³-hybridized carbons (Fsp3) is 0.364. The first kappa shape index (κ1) is 14.4. The Bertz CT molecular complexity index is 557. The Balaban J connectivity index is 3.04. The first-order valence-electron chi connectivity index (χ1n) is 5.29. The van der Waals surface area contributed by atoms with Crippen molar-refractivity contribution in [1.82, 2.24) is 4.90 Å². The van der Waals surface area contributed by atoms with E-state index < -0.39 is 32.2 Å². The SMILES string of the molecule is CCN(C)C(=O)CS(=O)(=O)c1ccc(N)cc1F. The molecule has 7 heteroatoms. The molecule has 1 aromatic rings. The summed E-state index contributed by atoms with van der Waals surface area (Å²) >= 11 is 0. The zero-order valence-corrected chi connectivity index (χ0v) is 11.0. The minimum atomic E-state index is -3.98. The lowest BCUT2D eigenvalue weighted by Gasteiger charge is -2.14. The van der Waals surface area contributed by atoms with Gasteiger partial charge in [0.25, 0.3) is 0 Å². The highest BCUT2D eigenvalue weighted by atomic mass is 32.2.